The maximum absolute atomic E-state index is 12.0. The monoisotopic (exact) mass is 284 g/mol. The minimum Gasteiger partial charge on any atom is -0.497 e. The minimum absolute atomic E-state index is 0.231. The lowest BCUT2D eigenvalue weighted by Crippen LogP contribution is -2.14. The zero-order valence-electron chi connectivity index (χ0n) is 12.7. The third kappa shape index (κ3) is 3.63. The average Bonchev–Trinajstić information content (AvgIpc) is 2.50. The maximum Gasteiger partial charge on any atom is 0.313 e. The number of esters is 1. The molecule has 0 heterocycles. The van der Waals surface area contributed by atoms with E-state index in [9.17, 15) is 4.79 Å². The van der Waals surface area contributed by atoms with Crippen LogP contribution in [0.5, 0.6) is 5.75 Å². The van der Waals surface area contributed by atoms with E-state index in [0.29, 0.717) is 0 Å². The van der Waals surface area contributed by atoms with E-state index in [-0.39, 0.29) is 18.5 Å². The van der Waals surface area contributed by atoms with Crippen LogP contribution in [-0.2, 0) is 9.53 Å². The van der Waals surface area contributed by atoms with Gasteiger partial charge in [0.2, 0.25) is 0 Å². The van der Waals surface area contributed by atoms with Crippen LogP contribution in [0, 0.1) is 0 Å². The highest BCUT2D eigenvalue weighted by Crippen LogP contribution is 2.25. The largest absolute Gasteiger partial charge is 0.497 e. The summed E-state index contributed by atoms with van der Waals surface area (Å²) in [6, 6.07) is 11.8. The molecule has 0 bridgehead atoms. The molecule has 3 nitrogen and oxygen atoms in total. The molecule has 0 saturated carbocycles. The van der Waals surface area contributed by atoms with Crippen LogP contribution in [0.2, 0.25) is 0 Å². The van der Waals surface area contributed by atoms with Crippen LogP contribution < -0.4 is 4.74 Å². The molecule has 3 heteroatoms. The molecule has 110 valence electrons. The molecule has 0 aliphatic rings. The fraction of sp³-hybridized carbons (Fsp3) is 0.278. The van der Waals surface area contributed by atoms with E-state index in [1.165, 1.54) is 0 Å². The molecule has 0 N–H and O–H groups in total. The molecule has 0 radical (unpaired) electrons. The molecule has 1 atom stereocenters. The summed E-state index contributed by atoms with van der Waals surface area (Å²) in [5.74, 6) is 0.297. The van der Waals surface area contributed by atoms with Crippen LogP contribution in [0.15, 0.2) is 48.6 Å². The number of benzene rings is 2. The van der Waals surface area contributed by atoms with E-state index in [0.717, 1.165) is 27.7 Å². The molecule has 0 aromatic heterocycles. The van der Waals surface area contributed by atoms with E-state index in [1.54, 1.807) is 7.11 Å². The molecular formula is C18H20O3. The molecular weight excluding hydrogens is 264 g/mol. The Labute approximate surface area is 125 Å². The summed E-state index contributed by atoms with van der Waals surface area (Å²) in [7, 11) is 1.65. The number of ether oxygens (including phenoxy) is 2. The SMILES string of the molecule is C=C(C)COC(=O)[C@@H](C)c1ccc2cc(OC)ccc2c1. The summed E-state index contributed by atoms with van der Waals surface area (Å²) in [5.41, 5.74) is 1.78. The van der Waals surface area contributed by atoms with Crippen LogP contribution in [0.1, 0.15) is 25.3 Å². The van der Waals surface area contributed by atoms with Gasteiger partial charge in [0.25, 0.3) is 0 Å². The van der Waals surface area contributed by atoms with Crippen molar-refractivity contribution < 1.29 is 14.3 Å². The molecule has 2 aromatic carbocycles. The van der Waals surface area contributed by atoms with E-state index >= 15 is 0 Å². The van der Waals surface area contributed by atoms with Gasteiger partial charge in [0, 0.05) is 0 Å². The predicted molar refractivity (Wildman–Crippen MR) is 84.7 cm³/mol. The zero-order chi connectivity index (χ0) is 15.4. The van der Waals surface area contributed by atoms with Gasteiger partial charge in [-0.3, -0.25) is 4.79 Å². The summed E-state index contributed by atoms with van der Waals surface area (Å²) >= 11 is 0. The first-order chi connectivity index (χ1) is 10.0. The minimum atomic E-state index is -0.296. The number of fused-ring (bicyclic) bond motifs is 1. The summed E-state index contributed by atoms with van der Waals surface area (Å²) < 4.78 is 10.4. The Hall–Kier alpha value is -2.29. The van der Waals surface area contributed by atoms with Gasteiger partial charge in [-0.2, -0.15) is 0 Å². The van der Waals surface area contributed by atoms with Crippen molar-refractivity contribution in [1.82, 2.24) is 0 Å². The Morgan fingerprint density at radius 1 is 1.19 bits per heavy atom. The molecule has 0 amide bonds. The van der Waals surface area contributed by atoms with Gasteiger partial charge in [-0.05, 0) is 47.9 Å². The number of methoxy groups -OCH3 is 1. The molecule has 2 aromatic rings. The van der Waals surface area contributed by atoms with Crippen LogP contribution >= 0.6 is 0 Å². The van der Waals surface area contributed by atoms with Gasteiger partial charge in [0.05, 0.1) is 13.0 Å². The van der Waals surface area contributed by atoms with Gasteiger partial charge in [0.15, 0.2) is 0 Å². The normalized spacial score (nSPS) is 12.0. The van der Waals surface area contributed by atoms with Crippen molar-refractivity contribution >= 4 is 16.7 Å². The van der Waals surface area contributed by atoms with Crippen molar-refractivity contribution in [2.45, 2.75) is 19.8 Å². The fourth-order valence-corrected chi connectivity index (χ4v) is 2.09. The number of carbonyl (C=O) groups excluding carboxylic acids is 1. The molecule has 0 fully saturated rings. The molecule has 0 aliphatic heterocycles. The topological polar surface area (TPSA) is 35.5 Å². The third-order valence-electron chi connectivity index (χ3n) is 3.39. The van der Waals surface area contributed by atoms with E-state index in [1.807, 2.05) is 50.2 Å². The van der Waals surface area contributed by atoms with Crippen molar-refractivity contribution in [3.05, 3.63) is 54.1 Å². The number of rotatable bonds is 5. The van der Waals surface area contributed by atoms with Gasteiger partial charge in [-0.25, -0.2) is 0 Å². The molecule has 0 spiro atoms. The van der Waals surface area contributed by atoms with Crippen LogP contribution in [0.3, 0.4) is 0 Å². The summed E-state index contributed by atoms with van der Waals surface area (Å²) in [4.78, 5) is 12.0. The van der Waals surface area contributed by atoms with Crippen molar-refractivity contribution in [1.29, 1.82) is 0 Å². The van der Waals surface area contributed by atoms with E-state index in [2.05, 4.69) is 6.58 Å². The lowest BCUT2D eigenvalue weighted by molar-refractivity contribution is -0.144. The van der Waals surface area contributed by atoms with Crippen LogP contribution in [-0.4, -0.2) is 19.7 Å². The van der Waals surface area contributed by atoms with Gasteiger partial charge in [-0.15, -0.1) is 0 Å². The lowest BCUT2D eigenvalue weighted by Gasteiger charge is -2.13. The molecule has 2 rings (SSSR count). The second-order valence-electron chi connectivity index (χ2n) is 5.26. The van der Waals surface area contributed by atoms with Crippen LogP contribution in [0.4, 0.5) is 0 Å². The highest BCUT2D eigenvalue weighted by molar-refractivity contribution is 5.86. The van der Waals surface area contributed by atoms with Gasteiger partial charge < -0.3 is 9.47 Å². The zero-order valence-corrected chi connectivity index (χ0v) is 12.7. The van der Waals surface area contributed by atoms with E-state index in [4.69, 9.17) is 9.47 Å². The van der Waals surface area contributed by atoms with Crippen LogP contribution in [0.25, 0.3) is 10.8 Å². The Balaban J connectivity index is 2.21. The Morgan fingerprint density at radius 3 is 2.52 bits per heavy atom. The van der Waals surface area contributed by atoms with Crippen molar-refractivity contribution in [3.8, 4) is 5.75 Å². The average molecular weight is 284 g/mol. The molecule has 0 aliphatic carbocycles. The van der Waals surface area contributed by atoms with Gasteiger partial charge in [-0.1, -0.05) is 30.8 Å². The van der Waals surface area contributed by atoms with E-state index < -0.39 is 0 Å². The first kappa shape index (κ1) is 15.1. The van der Waals surface area contributed by atoms with Crippen molar-refractivity contribution in [2.75, 3.05) is 13.7 Å². The Morgan fingerprint density at radius 2 is 1.86 bits per heavy atom. The highest BCUT2D eigenvalue weighted by atomic mass is 16.5. The number of hydrogen-bond donors (Lipinski definition) is 0. The van der Waals surface area contributed by atoms with Gasteiger partial charge >= 0.3 is 5.97 Å². The molecule has 0 unspecified atom stereocenters. The van der Waals surface area contributed by atoms with Gasteiger partial charge in [0.1, 0.15) is 12.4 Å². The number of hydrogen-bond acceptors (Lipinski definition) is 3. The summed E-state index contributed by atoms with van der Waals surface area (Å²) in [6.07, 6.45) is 0. The second kappa shape index (κ2) is 6.44. The first-order valence-corrected chi connectivity index (χ1v) is 6.90. The first-order valence-electron chi connectivity index (χ1n) is 6.90. The summed E-state index contributed by atoms with van der Waals surface area (Å²) in [6.45, 7) is 7.69. The maximum atomic E-state index is 12.0. The Bertz CT molecular complexity index is 673. The third-order valence-corrected chi connectivity index (χ3v) is 3.39. The van der Waals surface area contributed by atoms with Crippen molar-refractivity contribution in [3.63, 3.8) is 0 Å². The smallest absolute Gasteiger partial charge is 0.313 e. The predicted octanol–water partition coefficient (Wildman–Crippen LogP) is 4.07. The quantitative estimate of drug-likeness (QED) is 0.613. The standard InChI is InChI=1S/C18H20O3/c1-12(2)11-21-18(19)13(3)14-5-6-16-10-17(20-4)8-7-15(16)9-14/h5-10,13H,1,11H2,2-4H3/t13-/m0/s1. The fourth-order valence-electron chi connectivity index (χ4n) is 2.09. The molecule has 21 heavy (non-hydrogen) atoms. The Kier molecular flexibility index (Phi) is 4.63. The highest BCUT2D eigenvalue weighted by Gasteiger charge is 2.17. The van der Waals surface area contributed by atoms with Crippen molar-refractivity contribution in [2.24, 2.45) is 0 Å². The second-order valence-corrected chi connectivity index (χ2v) is 5.26. The summed E-state index contributed by atoms with van der Waals surface area (Å²) in [5, 5.41) is 2.16. The molecule has 0 saturated heterocycles. The lowest BCUT2D eigenvalue weighted by atomic mass is 9.98. The number of carbonyl (C=O) groups is 1.